The number of carbonyl (C=O) groups is 1. The molecule has 2 rings (SSSR count). The van der Waals surface area contributed by atoms with Crippen LogP contribution >= 0.6 is 11.3 Å². The van der Waals surface area contributed by atoms with Gasteiger partial charge in [0.05, 0.1) is 20.3 Å². The molecule has 6 nitrogen and oxygen atoms in total. The maximum Gasteiger partial charge on any atom is 0.350 e. The minimum atomic E-state index is -0.425. The van der Waals surface area contributed by atoms with Crippen molar-refractivity contribution in [1.29, 1.82) is 0 Å². The number of carbonyl (C=O) groups excluding carboxylic acids is 1. The fraction of sp³-hybridized carbons (Fsp3) is 0.643. The SMILES string of the molecule is CCOC1CCN(c2sc(C(=O)OC)c(N)c2OC)CC1. The van der Waals surface area contributed by atoms with Crippen LogP contribution in [0.15, 0.2) is 0 Å². The zero-order chi connectivity index (χ0) is 15.4. The van der Waals surface area contributed by atoms with Crippen LogP contribution in [0.2, 0.25) is 0 Å². The summed E-state index contributed by atoms with van der Waals surface area (Å²) < 4.78 is 15.8. The average molecular weight is 314 g/mol. The molecule has 21 heavy (non-hydrogen) atoms. The van der Waals surface area contributed by atoms with Crippen LogP contribution in [-0.4, -0.2) is 46.0 Å². The van der Waals surface area contributed by atoms with Gasteiger partial charge >= 0.3 is 5.97 Å². The number of esters is 1. The quantitative estimate of drug-likeness (QED) is 0.839. The first-order valence-electron chi connectivity index (χ1n) is 7.03. The van der Waals surface area contributed by atoms with Crippen LogP contribution < -0.4 is 15.4 Å². The van der Waals surface area contributed by atoms with Crippen molar-refractivity contribution in [3.8, 4) is 5.75 Å². The van der Waals surface area contributed by atoms with E-state index in [2.05, 4.69) is 4.90 Å². The number of hydrogen-bond acceptors (Lipinski definition) is 7. The summed E-state index contributed by atoms with van der Waals surface area (Å²) in [7, 11) is 2.91. The Morgan fingerprint density at radius 1 is 1.38 bits per heavy atom. The minimum Gasteiger partial charge on any atom is -0.492 e. The lowest BCUT2D eigenvalue weighted by atomic mass is 10.1. The van der Waals surface area contributed by atoms with Crippen molar-refractivity contribution < 1.29 is 19.0 Å². The van der Waals surface area contributed by atoms with Gasteiger partial charge in [-0.3, -0.25) is 0 Å². The lowest BCUT2D eigenvalue weighted by molar-refractivity contribution is 0.0459. The summed E-state index contributed by atoms with van der Waals surface area (Å²) in [4.78, 5) is 14.3. The fourth-order valence-corrected chi connectivity index (χ4v) is 3.69. The van der Waals surface area contributed by atoms with Crippen LogP contribution in [0.25, 0.3) is 0 Å². The van der Waals surface area contributed by atoms with Crippen molar-refractivity contribution in [2.24, 2.45) is 0 Å². The molecular formula is C14H22N2O4S. The van der Waals surface area contributed by atoms with Crippen molar-refractivity contribution in [3.63, 3.8) is 0 Å². The molecule has 118 valence electrons. The lowest BCUT2D eigenvalue weighted by Gasteiger charge is -2.32. The lowest BCUT2D eigenvalue weighted by Crippen LogP contribution is -2.36. The monoisotopic (exact) mass is 314 g/mol. The molecule has 7 heteroatoms. The Hall–Kier alpha value is -1.47. The summed E-state index contributed by atoms with van der Waals surface area (Å²) >= 11 is 1.33. The Morgan fingerprint density at radius 2 is 2.05 bits per heavy atom. The van der Waals surface area contributed by atoms with Crippen LogP contribution in [-0.2, 0) is 9.47 Å². The number of anilines is 2. The number of hydrogen-bond donors (Lipinski definition) is 1. The van der Waals surface area contributed by atoms with E-state index in [9.17, 15) is 4.79 Å². The Morgan fingerprint density at radius 3 is 2.57 bits per heavy atom. The van der Waals surface area contributed by atoms with Crippen molar-refractivity contribution in [2.45, 2.75) is 25.9 Å². The third-order valence-corrected chi connectivity index (χ3v) is 4.82. The predicted molar refractivity (Wildman–Crippen MR) is 83.5 cm³/mol. The second-order valence-corrected chi connectivity index (χ2v) is 5.82. The number of thiophene rings is 1. The second-order valence-electron chi connectivity index (χ2n) is 4.82. The molecule has 1 fully saturated rings. The molecule has 1 saturated heterocycles. The molecular weight excluding hydrogens is 292 g/mol. The Kier molecular flexibility index (Phi) is 5.30. The van der Waals surface area contributed by atoms with E-state index in [0.29, 0.717) is 22.4 Å². The van der Waals surface area contributed by atoms with Crippen LogP contribution in [0.1, 0.15) is 29.4 Å². The number of nitrogens with zero attached hydrogens (tertiary/aromatic N) is 1. The van der Waals surface area contributed by atoms with E-state index in [4.69, 9.17) is 19.9 Å². The van der Waals surface area contributed by atoms with Gasteiger partial charge in [0.15, 0.2) is 5.75 Å². The van der Waals surface area contributed by atoms with Crippen LogP contribution in [0.4, 0.5) is 10.7 Å². The highest BCUT2D eigenvalue weighted by Gasteiger charge is 2.28. The van der Waals surface area contributed by atoms with Gasteiger partial charge in [-0.25, -0.2) is 4.79 Å². The zero-order valence-corrected chi connectivity index (χ0v) is 13.5. The van der Waals surface area contributed by atoms with Gasteiger partial charge in [0.2, 0.25) is 0 Å². The molecule has 0 unspecified atom stereocenters. The van der Waals surface area contributed by atoms with Gasteiger partial charge in [-0.2, -0.15) is 0 Å². The topological polar surface area (TPSA) is 74.0 Å². The van der Waals surface area contributed by atoms with E-state index >= 15 is 0 Å². The molecule has 1 aromatic heterocycles. The number of piperidine rings is 1. The highest BCUT2D eigenvalue weighted by atomic mass is 32.1. The van der Waals surface area contributed by atoms with E-state index in [-0.39, 0.29) is 0 Å². The van der Waals surface area contributed by atoms with E-state index in [1.54, 1.807) is 7.11 Å². The zero-order valence-electron chi connectivity index (χ0n) is 12.7. The number of ether oxygens (including phenoxy) is 3. The van der Waals surface area contributed by atoms with E-state index in [0.717, 1.165) is 37.5 Å². The van der Waals surface area contributed by atoms with E-state index < -0.39 is 5.97 Å². The summed E-state index contributed by atoms with van der Waals surface area (Å²) in [5.41, 5.74) is 6.36. The van der Waals surface area contributed by atoms with Crippen molar-refractivity contribution in [1.82, 2.24) is 0 Å². The average Bonchev–Trinajstić information content (AvgIpc) is 2.84. The van der Waals surface area contributed by atoms with Crippen LogP contribution in [0, 0.1) is 0 Å². The van der Waals surface area contributed by atoms with Gasteiger partial charge in [0.1, 0.15) is 15.6 Å². The second kappa shape index (κ2) is 7.00. The van der Waals surface area contributed by atoms with Crippen molar-refractivity contribution >= 4 is 28.0 Å². The maximum absolute atomic E-state index is 11.7. The Bertz CT molecular complexity index is 495. The molecule has 1 aliphatic rings. The molecule has 0 radical (unpaired) electrons. The molecule has 0 amide bonds. The third-order valence-electron chi connectivity index (χ3n) is 3.59. The summed E-state index contributed by atoms with van der Waals surface area (Å²) in [6, 6.07) is 0. The smallest absolute Gasteiger partial charge is 0.350 e. The molecule has 1 aliphatic heterocycles. The van der Waals surface area contributed by atoms with E-state index in [1.807, 2.05) is 6.92 Å². The first-order chi connectivity index (χ1) is 10.1. The molecule has 0 spiro atoms. The van der Waals surface area contributed by atoms with E-state index in [1.165, 1.54) is 18.4 Å². The first kappa shape index (κ1) is 15.9. The molecule has 0 bridgehead atoms. The maximum atomic E-state index is 11.7. The largest absolute Gasteiger partial charge is 0.492 e. The fourth-order valence-electron chi connectivity index (χ4n) is 2.53. The number of nitrogens with two attached hydrogens (primary N) is 1. The van der Waals surface area contributed by atoms with Gasteiger partial charge in [0, 0.05) is 19.7 Å². The van der Waals surface area contributed by atoms with Crippen molar-refractivity contribution in [2.75, 3.05) is 44.5 Å². The summed E-state index contributed by atoms with van der Waals surface area (Å²) in [6.45, 7) is 4.48. The Balaban J connectivity index is 2.18. The number of nitrogen functional groups attached to an aromatic ring is 1. The van der Waals surface area contributed by atoms with Crippen molar-refractivity contribution in [3.05, 3.63) is 4.88 Å². The summed E-state index contributed by atoms with van der Waals surface area (Å²) in [6.07, 6.45) is 2.24. The third kappa shape index (κ3) is 3.24. The molecule has 2 heterocycles. The molecule has 0 aliphatic carbocycles. The number of methoxy groups -OCH3 is 2. The molecule has 0 aromatic carbocycles. The number of rotatable bonds is 5. The van der Waals surface area contributed by atoms with Gasteiger partial charge < -0.3 is 24.8 Å². The highest BCUT2D eigenvalue weighted by molar-refractivity contribution is 7.19. The highest BCUT2D eigenvalue weighted by Crippen LogP contribution is 2.45. The standard InChI is InChI=1S/C14H22N2O4S/c1-4-20-9-5-7-16(8-6-9)13-11(18-2)10(15)12(21-13)14(17)19-3/h9H,4-8,15H2,1-3H3. The Labute approximate surface area is 128 Å². The van der Waals surface area contributed by atoms with Gasteiger partial charge in [0.25, 0.3) is 0 Å². The van der Waals surface area contributed by atoms with Gasteiger partial charge in [-0.15, -0.1) is 11.3 Å². The van der Waals surface area contributed by atoms with Crippen LogP contribution in [0.5, 0.6) is 5.75 Å². The summed E-state index contributed by atoms with van der Waals surface area (Å²) in [5.74, 6) is 0.140. The first-order valence-corrected chi connectivity index (χ1v) is 7.85. The molecule has 1 aromatic rings. The molecule has 0 atom stereocenters. The summed E-state index contributed by atoms with van der Waals surface area (Å²) in [5, 5.41) is 0.894. The van der Waals surface area contributed by atoms with Crippen LogP contribution in [0.3, 0.4) is 0 Å². The predicted octanol–water partition coefficient (Wildman–Crippen LogP) is 2.13. The van der Waals surface area contributed by atoms with Gasteiger partial charge in [-0.05, 0) is 19.8 Å². The minimum absolute atomic E-state index is 0.314. The normalized spacial score (nSPS) is 16.0. The van der Waals surface area contributed by atoms with Gasteiger partial charge in [-0.1, -0.05) is 0 Å². The molecule has 2 N–H and O–H groups in total. The molecule has 0 saturated carbocycles.